The Balaban J connectivity index is 1.63. The smallest absolute Gasteiger partial charge is 0.260 e. The molecule has 1 N–H and O–H groups in total. The molecule has 1 amide bonds. The van der Waals surface area contributed by atoms with Crippen LogP contribution in [0.1, 0.15) is 17.5 Å². The standard InChI is InChI=1S/C18H20N2O3/c1-14-5-2-3-7-16(14)18(22)8-10-20(13-18)17(21)12-23-15-6-4-9-19-11-15/h2-7,9,11,22H,8,10,12-13H2,1H3/t18-/m1/s1. The number of ether oxygens (including phenoxy) is 1. The van der Waals surface area contributed by atoms with E-state index in [1.165, 1.54) is 0 Å². The highest BCUT2D eigenvalue weighted by molar-refractivity contribution is 5.78. The maximum absolute atomic E-state index is 12.3. The van der Waals surface area contributed by atoms with Crippen LogP contribution in [0.3, 0.4) is 0 Å². The number of hydrogen-bond donors (Lipinski definition) is 1. The predicted octanol–water partition coefficient (Wildman–Crippen LogP) is 1.89. The van der Waals surface area contributed by atoms with Crippen LogP contribution < -0.4 is 4.74 Å². The highest BCUT2D eigenvalue weighted by Crippen LogP contribution is 2.33. The van der Waals surface area contributed by atoms with E-state index in [2.05, 4.69) is 4.98 Å². The molecule has 1 saturated heterocycles. The van der Waals surface area contributed by atoms with Crippen LogP contribution in [0.4, 0.5) is 0 Å². The molecule has 0 bridgehead atoms. The van der Waals surface area contributed by atoms with Gasteiger partial charge in [-0.3, -0.25) is 9.78 Å². The average Bonchev–Trinajstić information content (AvgIpc) is 2.97. The summed E-state index contributed by atoms with van der Waals surface area (Å²) in [4.78, 5) is 17.9. The number of aromatic nitrogens is 1. The van der Waals surface area contributed by atoms with Gasteiger partial charge in [-0.1, -0.05) is 24.3 Å². The molecule has 1 atom stereocenters. The SMILES string of the molecule is Cc1ccccc1[C@@]1(O)CCN(C(=O)COc2cccnc2)C1. The largest absolute Gasteiger partial charge is 0.482 e. The molecule has 2 heterocycles. The highest BCUT2D eigenvalue weighted by atomic mass is 16.5. The van der Waals surface area contributed by atoms with E-state index < -0.39 is 5.60 Å². The topological polar surface area (TPSA) is 62.7 Å². The molecule has 2 aromatic rings. The van der Waals surface area contributed by atoms with E-state index in [4.69, 9.17) is 4.74 Å². The third-order valence-corrected chi connectivity index (χ3v) is 4.24. The van der Waals surface area contributed by atoms with Crippen LogP contribution in [-0.4, -0.2) is 40.6 Å². The molecule has 1 aromatic carbocycles. The lowest BCUT2D eigenvalue weighted by Crippen LogP contribution is -2.37. The van der Waals surface area contributed by atoms with E-state index in [0.29, 0.717) is 25.3 Å². The van der Waals surface area contributed by atoms with Crippen LogP contribution in [0.15, 0.2) is 48.8 Å². The van der Waals surface area contributed by atoms with E-state index in [-0.39, 0.29) is 12.5 Å². The summed E-state index contributed by atoms with van der Waals surface area (Å²) in [5.74, 6) is 0.438. The van der Waals surface area contributed by atoms with E-state index in [1.807, 2.05) is 31.2 Å². The summed E-state index contributed by atoms with van der Waals surface area (Å²) in [6.45, 7) is 2.76. The molecule has 0 radical (unpaired) electrons. The summed E-state index contributed by atoms with van der Waals surface area (Å²) in [7, 11) is 0. The van der Waals surface area contributed by atoms with Gasteiger partial charge in [-0.05, 0) is 36.6 Å². The molecule has 1 aliphatic rings. The van der Waals surface area contributed by atoms with Gasteiger partial charge in [-0.2, -0.15) is 0 Å². The van der Waals surface area contributed by atoms with Gasteiger partial charge >= 0.3 is 0 Å². The third-order valence-electron chi connectivity index (χ3n) is 4.24. The Morgan fingerprint density at radius 2 is 2.17 bits per heavy atom. The summed E-state index contributed by atoms with van der Waals surface area (Å²) in [5.41, 5.74) is 0.953. The van der Waals surface area contributed by atoms with Crippen molar-refractivity contribution in [3.8, 4) is 5.75 Å². The van der Waals surface area contributed by atoms with E-state index in [1.54, 1.807) is 29.4 Å². The van der Waals surface area contributed by atoms with Crippen molar-refractivity contribution in [1.82, 2.24) is 9.88 Å². The Kier molecular flexibility index (Phi) is 4.30. The minimum Gasteiger partial charge on any atom is -0.482 e. The van der Waals surface area contributed by atoms with Crippen molar-refractivity contribution >= 4 is 5.91 Å². The lowest BCUT2D eigenvalue weighted by atomic mass is 9.89. The van der Waals surface area contributed by atoms with Gasteiger partial charge in [0.15, 0.2) is 6.61 Å². The summed E-state index contributed by atoms with van der Waals surface area (Å²) >= 11 is 0. The third kappa shape index (κ3) is 3.35. The molecule has 5 nitrogen and oxygen atoms in total. The monoisotopic (exact) mass is 312 g/mol. The zero-order valence-electron chi connectivity index (χ0n) is 13.1. The minimum absolute atomic E-state index is 0.0461. The fraction of sp³-hybridized carbons (Fsp3) is 0.333. The van der Waals surface area contributed by atoms with Crippen molar-refractivity contribution < 1.29 is 14.6 Å². The van der Waals surface area contributed by atoms with Gasteiger partial charge in [-0.25, -0.2) is 0 Å². The Morgan fingerprint density at radius 3 is 2.91 bits per heavy atom. The Morgan fingerprint density at radius 1 is 1.35 bits per heavy atom. The van der Waals surface area contributed by atoms with Gasteiger partial charge in [-0.15, -0.1) is 0 Å². The van der Waals surface area contributed by atoms with Crippen LogP contribution in [-0.2, 0) is 10.4 Å². The summed E-state index contributed by atoms with van der Waals surface area (Å²) in [6.07, 6.45) is 3.76. The molecule has 1 aromatic heterocycles. The molecule has 0 aliphatic carbocycles. The molecule has 0 saturated carbocycles. The maximum Gasteiger partial charge on any atom is 0.260 e. The maximum atomic E-state index is 12.3. The lowest BCUT2D eigenvalue weighted by molar-refractivity contribution is -0.133. The van der Waals surface area contributed by atoms with Crippen LogP contribution in [0.25, 0.3) is 0 Å². The van der Waals surface area contributed by atoms with Crippen molar-refractivity contribution in [1.29, 1.82) is 0 Å². The Labute approximate surface area is 135 Å². The van der Waals surface area contributed by atoms with Crippen molar-refractivity contribution in [3.63, 3.8) is 0 Å². The number of aryl methyl sites for hydroxylation is 1. The van der Waals surface area contributed by atoms with Gasteiger partial charge in [0.2, 0.25) is 0 Å². The van der Waals surface area contributed by atoms with E-state index in [0.717, 1.165) is 11.1 Å². The molecule has 0 unspecified atom stereocenters. The van der Waals surface area contributed by atoms with Crippen LogP contribution in [0.2, 0.25) is 0 Å². The first-order valence-corrected chi connectivity index (χ1v) is 7.68. The van der Waals surface area contributed by atoms with Gasteiger partial charge < -0.3 is 14.7 Å². The Hall–Kier alpha value is -2.40. The second kappa shape index (κ2) is 6.38. The molecular weight excluding hydrogens is 292 g/mol. The first-order valence-electron chi connectivity index (χ1n) is 7.68. The number of benzene rings is 1. The molecule has 1 aliphatic heterocycles. The lowest BCUT2D eigenvalue weighted by Gasteiger charge is -2.25. The molecule has 0 spiro atoms. The number of aliphatic hydroxyl groups is 1. The zero-order chi connectivity index (χ0) is 16.3. The van der Waals surface area contributed by atoms with Gasteiger partial charge in [0.25, 0.3) is 5.91 Å². The molecular formula is C18H20N2O3. The van der Waals surface area contributed by atoms with Gasteiger partial charge in [0.1, 0.15) is 11.4 Å². The number of amides is 1. The quantitative estimate of drug-likeness (QED) is 0.936. The summed E-state index contributed by atoms with van der Waals surface area (Å²) < 4.78 is 5.44. The van der Waals surface area contributed by atoms with Gasteiger partial charge in [0.05, 0.1) is 12.7 Å². The molecule has 3 rings (SSSR count). The predicted molar refractivity (Wildman–Crippen MR) is 86.0 cm³/mol. The molecule has 23 heavy (non-hydrogen) atoms. The summed E-state index contributed by atoms with van der Waals surface area (Å²) in [5, 5.41) is 10.9. The number of pyridine rings is 1. The van der Waals surface area contributed by atoms with Crippen molar-refractivity contribution in [2.75, 3.05) is 19.7 Å². The van der Waals surface area contributed by atoms with Crippen LogP contribution in [0, 0.1) is 6.92 Å². The fourth-order valence-electron chi connectivity index (χ4n) is 2.99. The number of carbonyl (C=O) groups excluding carboxylic acids is 1. The highest BCUT2D eigenvalue weighted by Gasteiger charge is 2.40. The van der Waals surface area contributed by atoms with Crippen LogP contribution in [0.5, 0.6) is 5.75 Å². The molecule has 120 valence electrons. The normalized spacial score (nSPS) is 20.5. The number of hydrogen-bond acceptors (Lipinski definition) is 4. The zero-order valence-corrected chi connectivity index (χ0v) is 13.1. The number of β-amino-alcohol motifs (C(OH)–C–C–N with tert-alkyl or cyclic N) is 1. The number of likely N-dealkylation sites (tertiary alicyclic amines) is 1. The summed E-state index contributed by atoms with van der Waals surface area (Å²) in [6, 6.07) is 11.3. The first kappa shape index (κ1) is 15.5. The van der Waals surface area contributed by atoms with E-state index >= 15 is 0 Å². The second-order valence-corrected chi connectivity index (χ2v) is 5.89. The fourth-order valence-corrected chi connectivity index (χ4v) is 2.99. The number of carbonyl (C=O) groups is 1. The molecule has 1 fully saturated rings. The van der Waals surface area contributed by atoms with E-state index in [9.17, 15) is 9.90 Å². The van der Waals surface area contributed by atoms with Crippen molar-refractivity contribution in [3.05, 3.63) is 59.9 Å². The van der Waals surface area contributed by atoms with Crippen molar-refractivity contribution in [2.24, 2.45) is 0 Å². The minimum atomic E-state index is -0.977. The van der Waals surface area contributed by atoms with Gasteiger partial charge in [0, 0.05) is 12.7 Å². The molecule has 5 heteroatoms. The van der Waals surface area contributed by atoms with Crippen molar-refractivity contribution in [2.45, 2.75) is 18.9 Å². The average molecular weight is 312 g/mol. The second-order valence-electron chi connectivity index (χ2n) is 5.89. The number of rotatable bonds is 4. The number of nitrogens with zero attached hydrogens (tertiary/aromatic N) is 2. The van der Waals surface area contributed by atoms with Crippen LogP contribution >= 0.6 is 0 Å². The first-order chi connectivity index (χ1) is 11.1. The Bertz CT molecular complexity index is 690.